The summed E-state index contributed by atoms with van der Waals surface area (Å²) < 4.78 is 0. The van der Waals surface area contributed by atoms with Gasteiger partial charge in [-0.1, -0.05) is 0 Å². The Bertz CT molecular complexity index is 796. The molecule has 1 saturated heterocycles. The van der Waals surface area contributed by atoms with Crippen LogP contribution in [0.2, 0.25) is 0 Å². The minimum Gasteiger partial charge on any atom is -0.374 e. The van der Waals surface area contributed by atoms with E-state index in [0.717, 1.165) is 30.2 Å². The lowest BCUT2D eigenvalue weighted by Crippen LogP contribution is -2.32. The average molecular weight is 380 g/mol. The van der Waals surface area contributed by atoms with Gasteiger partial charge in [0.25, 0.3) is 0 Å². The summed E-state index contributed by atoms with van der Waals surface area (Å²) >= 11 is 0. The van der Waals surface area contributed by atoms with Crippen molar-refractivity contribution in [2.75, 3.05) is 33.9 Å². The third-order valence-electron chi connectivity index (χ3n) is 4.84. The molecule has 1 heterocycles. The number of nitrogens with one attached hydrogen (secondary N) is 3. The number of hydrogen-bond donors (Lipinski definition) is 3. The molecule has 28 heavy (non-hydrogen) atoms. The Labute approximate surface area is 166 Å². The van der Waals surface area contributed by atoms with Crippen molar-refractivity contribution >= 4 is 34.6 Å². The van der Waals surface area contributed by atoms with E-state index in [1.165, 1.54) is 31.9 Å². The van der Waals surface area contributed by atoms with E-state index in [-0.39, 0.29) is 11.8 Å². The highest BCUT2D eigenvalue weighted by molar-refractivity contribution is 5.96. The van der Waals surface area contributed by atoms with Gasteiger partial charge in [0.05, 0.1) is 0 Å². The molecular weight excluding hydrogens is 352 g/mol. The first-order chi connectivity index (χ1) is 13.5. The Morgan fingerprint density at radius 1 is 0.821 bits per heavy atom. The second-order valence-corrected chi connectivity index (χ2v) is 7.21. The molecule has 1 atom stereocenters. The minimum absolute atomic E-state index is 0.100. The quantitative estimate of drug-likeness (QED) is 0.706. The predicted octanol–water partition coefficient (Wildman–Crippen LogP) is 4.07. The molecule has 2 aromatic rings. The Balaban J connectivity index is 1.52. The van der Waals surface area contributed by atoms with Gasteiger partial charge in [0.1, 0.15) is 6.04 Å². The molecule has 3 N–H and O–H groups in total. The van der Waals surface area contributed by atoms with Gasteiger partial charge in [0, 0.05) is 42.8 Å². The fraction of sp³-hybridized carbons (Fsp3) is 0.364. The second kappa shape index (κ2) is 9.26. The maximum Gasteiger partial charge on any atom is 0.246 e. The number of nitrogens with zero attached hydrogens (tertiary/aromatic N) is 1. The average Bonchev–Trinajstić information content (AvgIpc) is 2.70. The molecule has 148 valence electrons. The Morgan fingerprint density at radius 2 is 1.36 bits per heavy atom. The van der Waals surface area contributed by atoms with Gasteiger partial charge in [0.15, 0.2) is 0 Å². The molecule has 6 heteroatoms. The summed E-state index contributed by atoms with van der Waals surface area (Å²) in [5.41, 5.74) is 3.55. The maximum absolute atomic E-state index is 12.5. The summed E-state index contributed by atoms with van der Waals surface area (Å²) in [7, 11) is 0. The molecule has 0 bridgehead atoms. The summed E-state index contributed by atoms with van der Waals surface area (Å²) in [6.45, 7) is 5.50. The number of hydrogen-bond acceptors (Lipinski definition) is 4. The molecule has 1 fully saturated rings. The van der Waals surface area contributed by atoms with Crippen molar-refractivity contribution in [1.82, 2.24) is 0 Å². The highest BCUT2D eigenvalue weighted by Gasteiger charge is 2.14. The van der Waals surface area contributed by atoms with Crippen molar-refractivity contribution in [3.8, 4) is 0 Å². The maximum atomic E-state index is 12.5. The van der Waals surface area contributed by atoms with Crippen molar-refractivity contribution in [3.63, 3.8) is 0 Å². The minimum atomic E-state index is -0.395. The van der Waals surface area contributed by atoms with E-state index >= 15 is 0 Å². The van der Waals surface area contributed by atoms with Gasteiger partial charge in [-0.05, 0) is 74.7 Å². The smallest absolute Gasteiger partial charge is 0.246 e. The summed E-state index contributed by atoms with van der Waals surface area (Å²) in [6, 6.07) is 14.9. The van der Waals surface area contributed by atoms with E-state index in [1.54, 1.807) is 12.1 Å². The van der Waals surface area contributed by atoms with Gasteiger partial charge in [-0.3, -0.25) is 9.59 Å². The molecule has 2 amide bonds. The lowest BCUT2D eigenvalue weighted by molar-refractivity contribution is -0.116. The van der Waals surface area contributed by atoms with Gasteiger partial charge in [-0.15, -0.1) is 0 Å². The molecule has 0 spiro atoms. The van der Waals surface area contributed by atoms with E-state index in [0.29, 0.717) is 0 Å². The van der Waals surface area contributed by atoms with E-state index in [9.17, 15) is 9.59 Å². The molecule has 1 aliphatic heterocycles. The van der Waals surface area contributed by atoms with E-state index in [4.69, 9.17) is 0 Å². The molecule has 0 aromatic heterocycles. The van der Waals surface area contributed by atoms with Crippen LogP contribution in [0.3, 0.4) is 0 Å². The standard InChI is InChI=1S/C22H28N4O2/c1-16(23-18-6-8-19(9-7-18)24-17(2)27)22(28)25-20-10-12-21(13-11-20)26-14-4-3-5-15-26/h6-13,16,23H,3-5,14-15H2,1-2H3,(H,24,27)(H,25,28). The van der Waals surface area contributed by atoms with Crippen molar-refractivity contribution in [2.45, 2.75) is 39.2 Å². The number of piperidine rings is 1. The fourth-order valence-electron chi connectivity index (χ4n) is 3.33. The lowest BCUT2D eigenvalue weighted by atomic mass is 10.1. The van der Waals surface area contributed by atoms with Crippen molar-refractivity contribution in [3.05, 3.63) is 48.5 Å². The zero-order chi connectivity index (χ0) is 19.9. The summed E-state index contributed by atoms with van der Waals surface area (Å²) in [6.07, 6.45) is 3.80. The number of carbonyl (C=O) groups excluding carboxylic acids is 2. The Morgan fingerprint density at radius 3 is 1.96 bits per heavy atom. The van der Waals surface area contributed by atoms with Crippen LogP contribution < -0.4 is 20.9 Å². The van der Waals surface area contributed by atoms with Gasteiger partial charge in [0.2, 0.25) is 11.8 Å². The summed E-state index contributed by atoms with van der Waals surface area (Å²) in [4.78, 5) is 25.9. The van der Waals surface area contributed by atoms with Gasteiger partial charge in [-0.2, -0.15) is 0 Å². The number of amides is 2. The monoisotopic (exact) mass is 380 g/mol. The first-order valence-corrected chi connectivity index (χ1v) is 9.81. The van der Waals surface area contributed by atoms with Crippen LogP contribution in [0.4, 0.5) is 22.7 Å². The Hall–Kier alpha value is -3.02. The molecule has 0 aliphatic carbocycles. The third kappa shape index (κ3) is 5.49. The number of carbonyl (C=O) groups is 2. The summed E-state index contributed by atoms with van der Waals surface area (Å²) in [5.74, 6) is -0.212. The van der Waals surface area contributed by atoms with Crippen LogP contribution in [0.5, 0.6) is 0 Å². The van der Waals surface area contributed by atoms with Crippen LogP contribution in [0.15, 0.2) is 48.5 Å². The van der Waals surface area contributed by atoms with Crippen LogP contribution in [0.25, 0.3) is 0 Å². The predicted molar refractivity (Wildman–Crippen MR) is 115 cm³/mol. The topological polar surface area (TPSA) is 73.5 Å². The number of rotatable bonds is 6. The third-order valence-corrected chi connectivity index (χ3v) is 4.84. The normalized spacial score (nSPS) is 14.9. The fourth-order valence-corrected chi connectivity index (χ4v) is 3.33. The SMILES string of the molecule is CC(=O)Nc1ccc(NC(C)C(=O)Nc2ccc(N3CCCCC3)cc2)cc1. The van der Waals surface area contributed by atoms with Crippen LogP contribution in [-0.4, -0.2) is 30.9 Å². The van der Waals surface area contributed by atoms with Gasteiger partial charge >= 0.3 is 0 Å². The largest absolute Gasteiger partial charge is 0.374 e. The molecule has 1 aliphatic rings. The second-order valence-electron chi connectivity index (χ2n) is 7.21. The molecular formula is C22H28N4O2. The molecule has 1 unspecified atom stereocenters. The summed E-state index contributed by atoms with van der Waals surface area (Å²) in [5, 5.41) is 8.84. The van der Waals surface area contributed by atoms with Gasteiger partial charge < -0.3 is 20.9 Å². The van der Waals surface area contributed by atoms with E-state index in [1.807, 2.05) is 31.2 Å². The van der Waals surface area contributed by atoms with Crippen molar-refractivity contribution in [2.24, 2.45) is 0 Å². The molecule has 3 rings (SSSR count). The lowest BCUT2D eigenvalue weighted by Gasteiger charge is -2.28. The van der Waals surface area contributed by atoms with E-state index in [2.05, 4.69) is 33.0 Å². The van der Waals surface area contributed by atoms with E-state index < -0.39 is 6.04 Å². The highest BCUT2D eigenvalue weighted by Crippen LogP contribution is 2.22. The first-order valence-electron chi connectivity index (χ1n) is 9.81. The van der Waals surface area contributed by atoms with Crippen molar-refractivity contribution in [1.29, 1.82) is 0 Å². The van der Waals surface area contributed by atoms with Crippen LogP contribution in [-0.2, 0) is 9.59 Å². The molecule has 2 aromatic carbocycles. The Kier molecular flexibility index (Phi) is 6.53. The molecule has 6 nitrogen and oxygen atoms in total. The van der Waals surface area contributed by atoms with Crippen LogP contribution in [0, 0.1) is 0 Å². The number of benzene rings is 2. The highest BCUT2D eigenvalue weighted by atomic mass is 16.2. The molecule has 0 saturated carbocycles. The zero-order valence-corrected chi connectivity index (χ0v) is 16.5. The van der Waals surface area contributed by atoms with Crippen molar-refractivity contribution < 1.29 is 9.59 Å². The zero-order valence-electron chi connectivity index (χ0n) is 16.5. The van der Waals surface area contributed by atoms with Gasteiger partial charge in [-0.25, -0.2) is 0 Å². The van der Waals surface area contributed by atoms with Crippen LogP contribution in [0.1, 0.15) is 33.1 Å². The molecule has 0 radical (unpaired) electrons. The first kappa shape index (κ1) is 19.7. The number of anilines is 4. The van der Waals surface area contributed by atoms with Crippen LogP contribution >= 0.6 is 0 Å².